The number of carbonyl (C=O) groups is 2. The summed E-state index contributed by atoms with van der Waals surface area (Å²) in [6.07, 6.45) is 2.28. The van der Waals surface area contributed by atoms with E-state index in [-0.39, 0.29) is 18.0 Å². The highest BCUT2D eigenvalue weighted by atomic mass is 19.1. The van der Waals surface area contributed by atoms with Crippen molar-refractivity contribution in [2.24, 2.45) is 0 Å². The van der Waals surface area contributed by atoms with Gasteiger partial charge in [-0.05, 0) is 57.0 Å². The summed E-state index contributed by atoms with van der Waals surface area (Å²) in [5, 5.41) is 0. The summed E-state index contributed by atoms with van der Waals surface area (Å²) in [6, 6.07) is 7.38. The molecule has 4 nitrogen and oxygen atoms in total. The Hall–Kier alpha value is -2.43. The molecule has 23 heavy (non-hydrogen) atoms. The Labute approximate surface area is 133 Å². The predicted molar refractivity (Wildman–Crippen MR) is 83.2 cm³/mol. The third-order valence-corrected chi connectivity index (χ3v) is 4.11. The van der Waals surface area contributed by atoms with Crippen LogP contribution in [0.5, 0.6) is 0 Å². The molecular weight excluding hydrogens is 297 g/mol. The van der Waals surface area contributed by atoms with Crippen LogP contribution >= 0.6 is 0 Å². The largest absolute Gasteiger partial charge is 0.454 e. The van der Waals surface area contributed by atoms with Crippen LogP contribution in [0.3, 0.4) is 0 Å². The van der Waals surface area contributed by atoms with Crippen molar-refractivity contribution in [1.29, 1.82) is 0 Å². The van der Waals surface area contributed by atoms with Gasteiger partial charge in [-0.25, -0.2) is 9.18 Å². The van der Waals surface area contributed by atoms with Crippen LogP contribution in [0.2, 0.25) is 0 Å². The van der Waals surface area contributed by atoms with Gasteiger partial charge in [0.15, 0.2) is 6.61 Å². The first kappa shape index (κ1) is 15.5. The summed E-state index contributed by atoms with van der Waals surface area (Å²) < 4.78 is 20.1. The van der Waals surface area contributed by atoms with Crippen molar-refractivity contribution in [2.45, 2.75) is 32.7 Å². The molecule has 2 aromatic rings. The van der Waals surface area contributed by atoms with E-state index in [1.807, 2.05) is 19.9 Å². The minimum absolute atomic E-state index is 0.222. The van der Waals surface area contributed by atoms with Crippen molar-refractivity contribution in [3.8, 4) is 0 Å². The van der Waals surface area contributed by atoms with Gasteiger partial charge >= 0.3 is 5.97 Å². The Morgan fingerprint density at radius 1 is 1.22 bits per heavy atom. The number of hydrogen-bond acceptors (Lipinski definition) is 3. The molecule has 120 valence electrons. The van der Waals surface area contributed by atoms with Crippen molar-refractivity contribution in [3.63, 3.8) is 0 Å². The number of ether oxygens (including phenoxy) is 1. The zero-order valence-corrected chi connectivity index (χ0v) is 13.1. The average Bonchev–Trinajstić information content (AvgIpc) is 3.31. The van der Waals surface area contributed by atoms with Gasteiger partial charge in [-0.1, -0.05) is 0 Å². The molecule has 0 aliphatic heterocycles. The van der Waals surface area contributed by atoms with Crippen LogP contribution in [0.25, 0.3) is 0 Å². The third kappa shape index (κ3) is 3.18. The van der Waals surface area contributed by atoms with Crippen LogP contribution < -0.4 is 0 Å². The molecule has 1 fully saturated rings. The van der Waals surface area contributed by atoms with Crippen LogP contribution in [0.15, 0.2) is 30.3 Å². The maximum atomic E-state index is 12.8. The number of nitrogens with zero attached hydrogens (tertiary/aromatic N) is 1. The van der Waals surface area contributed by atoms with E-state index in [0.29, 0.717) is 11.6 Å². The molecule has 1 saturated carbocycles. The molecule has 0 saturated heterocycles. The number of ketones is 1. The highest BCUT2D eigenvalue weighted by Crippen LogP contribution is 2.38. The van der Waals surface area contributed by atoms with Gasteiger partial charge in [-0.15, -0.1) is 0 Å². The fourth-order valence-corrected chi connectivity index (χ4v) is 2.83. The molecule has 5 heteroatoms. The van der Waals surface area contributed by atoms with Gasteiger partial charge in [0.1, 0.15) is 5.82 Å². The van der Waals surface area contributed by atoms with Gasteiger partial charge < -0.3 is 9.30 Å². The van der Waals surface area contributed by atoms with Crippen LogP contribution in [0, 0.1) is 19.7 Å². The van der Waals surface area contributed by atoms with Crippen LogP contribution in [-0.2, 0) is 4.74 Å². The lowest BCUT2D eigenvalue weighted by atomic mass is 10.1. The van der Waals surface area contributed by atoms with E-state index in [1.54, 1.807) is 0 Å². The van der Waals surface area contributed by atoms with Gasteiger partial charge in [-0.2, -0.15) is 0 Å². The van der Waals surface area contributed by atoms with Crippen molar-refractivity contribution in [3.05, 3.63) is 58.7 Å². The fourth-order valence-electron chi connectivity index (χ4n) is 2.83. The second kappa shape index (κ2) is 5.99. The lowest BCUT2D eigenvalue weighted by Gasteiger charge is -2.08. The topological polar surface area (TPSA) is 48.3 Å². The van der Waals surface area contributed by atoms with Gasteiger partial charge in [0.25, 0.3) is 0 Å². The standard InChI is InChI=1S/C18H18FNO3/c1-11-9-16(12(2)20(11)15-7-8-15)17(21)10-23-18(22)13-3-5-14(19)6-4-13/h3-6,9,15H,7-8,10H2,1-2H3. The number of aromatic nitrogens is 1. The van der Waals surface area contributed by atoms with E-state index in [9.17, 15) is 14.0 Å². The zero-order chi connectivity index (χ0) is 16.6. The summed E-state index contributed by atoms with van der Waals surface area (Å²) in [4.78, 5) is 24.2. The number of Topliss-reactive ketones (excluding diaryl/α,β-unsaturated/α-hetero) is 1. The molecule has 0 bridgehead atoms. The maximum Gasteiger partial charge on any atom is 0.338 e. The molecule has 0 spiro atoms. The first-order chi connectivity index (χ1) is 11.0. The van der Waals surface area contributed by atoms with Crippen LogP contribution in [0.1, 0.15) is 51.0 Å². The molecule has 0 N–H and O–H groups in total. The average molecular weight is 315 g/mol. The SMILES string of the molecule is Cc1cc(C(=O)COC(=O)c2ccc(F)cc2)c(C)n1C1CC1. The molecule has 1 aromatic carbocycles. The van der Waals surface area contributed by atoms with Gasteiger partial charge in [0.2, 0.25) is 5.78 Å². The maximum absolute atomic E-state index is 12.8. The van der Waals surface area contributed by atoms with Crippen molar-refractivity contribution < 1.29 is 18.7 Å². The Morgan fingerprint density at radius 3 is 2.48 bits per heavy atom. The smallest absolute Gasteiger partial charge is 0.338 e. The van der Waals surface area contributed by atoms with Crippen molar-refractivity contribution >= 4 is 11.8 Å². The van der Waals surface area contributed by atoms with E-state index in [1.165, 1.54) is 24.3 Å². The summed E-state index contributed by atoms with van der Waals surface area (Å²) in [5.41, 5.74) is 2.80. The number of halogens is 1. The van der Waals surface area contributed by atoms with Gasteiger partial charge in [0.05, 0.1) is 5.56 Å². The molecule has 0 atom stereocenters. The molecule has 1 aliphatic carbocycles. The predicted octanol–water partition coefficient (Wildman–Crippen LogP) is 3.62. The normalized spacial score (nSPS) is 13.9. The second-order valence-corrected chi connectivity index (χ2v) is 5.89. The highest BCUT2D eigenvalue weighted by molar-refractivity contribution is 6.00. The summed E-state index contributed by atoms with van der Waals surface area (Å²) >= 11 is 0. The monoisotopic (exact) mass is 315 g/mol. The molecule has 3 rings (SSSR count). The lowest BCUT2D eigenvalue weighted by molar-refractivity contribution is 0.0474. The molecule has 1 heterocycles. The number of benzene rings is 1. The quantitative estimate of drug-likeness (QED) is 0.625. The molecule has 1 aliphatic rings. The van der Waals surface area contributed by atoms with E-state index in [0.717, 1.165) is 24.2 Å². The minimum atomic E-state index is -0.630. The zero-order valence-electron chi connectivity index (χ0n) is 13.1. The number of aryl methyl sites for hydroxylation is 1. The Kier molecular flexibility index (Phi) is 4.03. The number of rotatable bonds is 5. The fraction of sp³-hybridized carbons (Fsp3) is 0.333. The number of carbonyl (C=O) groups excluding carboxylic acids is 2. The Morgan fingerprint density at radius 2 is 1.87 bits per heavy atom. The van der Waals surface area contributed by atoms with E-state index >= 15 is 0 Å². The number of esters is 1. The minimum Gasteiger partial charge on any atom is -0.454 e. The second-order valence-electron chi connectivity index (χ2n) is 5.89. The van der Waals surface area contributed by atoms with Gasteiger partial charge in [0, 0.05) is 23.0 Å². The Balaban J connectivity index is 1.66. The summed E-state index contributed by atoms with van der Waals surface area (Å²) in [7, 11) is 0. The van der Waals surface area contributed by atoms with Crippen molar-refractivity contribution in [1.82, 2.24) is 4.57 Å². The highest BCUT2D eigenvalue weighted by Gasteiger charge is 2.28. The summed E-state index contributed by atoms with van der Waals surface area (Å²) in [5.74, 6) is -1.28. The van der Waals surface area contributed by atoms with Crippen LogP contribution in [0.4, 0.5) is 4.39 Å². The Bertz CT molecular complexity index is 757. The molecule has 0 radical (unpaired) electrons. The van der Waals surface area contributed by atoms with Gasteiger partial charge in [-0.3, -0.25) is 4.79 Å². The van der Waals surface area contributed by atoms with Crippen LogP contribution in [-0.4, -0.2) is 22.9 Å². The number of hydrogen-bond donors (Lipinski definition) is 0. The molecule has 0 unspecified atom stereocenters. The third-order valence-electron chi connectivity index (χ3n) is 4.11. The molecule has 0 amide bonds. The summed E-state index contributed by atoms with van der Waals surface area (Å²) in [6.45, 7) is 3.58. The first-order valence-electron chi connectivity index (χ1n) is 7.61. The first-order valence-corrected chi connectivity index (χ1v) is 7.61. The lowest BCUT2D eigenvalue weighted by Crippen LogP contribution is -2.15. The van der Waals surface area contributed by atoms with E-state index < -0.39 is 11.8 Å². The molecular formula is C18H18FNO3. The van der Waals surface area contributed by atoms with E-state index in [2.05, 4.69) is 4.57 Å². The molecule has 1 aromatic heterocycles. The van der Waals surface area contributed by atoms with Crippen molar-refractivity contribution in [2.75, 3.05) is 6.61 Å². The van der Waals surface area contributed by atoms with E-state index in [4.69, 9.17) is 4.74 Å².